The van der Waals surface area contributed by atoms with Gasteiger partial charge < -0.3 is 14.2 Å². The summed E-state index contributed by atoms with van der Waals surface area (Å²) < 4.78 is 16.4. The monoisotopic (exact) mass is 406 g/mol. The number of esters is 1. The minimum atomic E-state index is -0.773. The molecule has 29 heavy (non-hydrogen) atoms. The molecule has 10 nitrogen and oxygen atoms in total. The van der Waals surface area contributed by atoms with Gasteiger partial charge in [0.1, 0.15) is 11.2 Å². The van der Waals surface area contributed by atoms with Gasteiger partial charge in [0.05, 0.1) is 18.1 Å². The molecule has 0 atom stereocenters. The molecule has 0 fully saturated rings. The van der Waals surface area contributed by atoms with E-state index in [4.69, 9.17) is 14.2 Å². The summed E-state index contributed by atoms with van der Waals surface area (Å²) >= 11 is 0. The molecular weight excluding hydrogens is 380 g/mol. The summed E-state index contributed by atoms with van der Waals surface area (Å²) in [4.78, 5) is 42.3. The van der Waals surface area contributed by atoms with Gasteiger partial charge >= 0.3 is 18.2 Å². The van der Waals surface area contributed by atoms with E-state index in [0.717, 1.165) is 9.58 Å². The van der Waals surface area contributed by atoms with Gasteiger partial charge in [-0.2, -0.15) is 0 Å². The second-order valence-corrected chi connectivity index (χ2v) is 8.34. The summed E-state index contributed by atoms with van der Waals surface area (Å²) in [5, 5.41) is 4.49. The molecule has 0 spiro atoms. The highest BCUT2D eigenvalue weighted by Gasteiger charge is 2.29. The maximum atomic E-state index is 12.6. The molecule has 0 aliphatic rings. The van der Waals surface area contributed by atoms with E-state index in [-0.39, 0.29) is 22.4 Å². The third-order valence-corrected chi connectivity index (χ3v) is 3.48. The van der Waals surface area contributed by atoms with Gasteiger partial charge in [-0.1, -0.05) is 0 Å². The fraction of sp³-hybridized carbons (Fsp3) is 0.526. The Morgan fingerprint density at radius 3 is 2.14 bits per heavy atom. The molecule has 0 unspecified atom stereocenters. The van der Waals surface area contributed by atoms with Crippen LogP contribution >= 0.6 is 0 Å². The Bertz CT molecular complexity index is 952. The molecule has 0 bridgehead atoms. The Morgan fingerprint density at radius 1 is 1.03 bits per heavy atom. The number of pyridine rings is 1. The standard InChI is InChI=1S/C19H26N4O6/c1-18(2,3)28-16(25)22(7)14-12-9-11(15(24)27-8)10-20-13(12)23(21-14)17(26)29-19(4,5)6/h9-10H,1-8H3. The van der Waals surface area contributed by atoms with Crippen molar-refractivity contribution in [2.24, 2.45) is 0 Å². The number of rotatable bonds is 2. The van der Waals surface area contributed by atoms with Gasteiger partial charge in [-0.05, 0) is 47.6 Å². The van der Waals surface area contributed by atoms with E-state index in [9.17, 15) is 14.4 Å². The van der Waals surface area contributed by atoms with Crippen LogP contribution in [0, 0.1) is 0 Å². The summed E-state index contributed by atoms with van der Waals surface area (Å²) in [6.45, 7) is 10.3. The van der Waals surface area contributed by atoms with Crippen LogP contribution in [0.25, 0.3) is 11.0 Å². The minimum absolute atomic E-state index is 0.0818. The van der Waals surface area contributed by atoms with Crippen LogP contribution in [-0.4, -0.2) is 58.3 Å². The van der Waals surface area contributed by atoms with Crippen LogP contribution in [-0.2, 0) is 14.2 Å². The fourth-order valence-corrected chi connectivity index (χ4v) is 2.31. The molecule has 1 amide bonds. The Kier molecular flexibility index (Phi) is 5.86. The van der Waals surface area contributed by atoms with E-state index in [1.165, 1.54) is 26.4 Å². The van der Waals surface area contributed by atoms with Crippen LogP contribution in [0.5, 0.6) is 0 Å². The number of hydrogen-bond donors (Lipinski definition) is 0. The summed E-state index contributed by atoms with van der Waals surface area (Å²) in [5.74, 6) is -0.534. The van der Waals surface area contributed by atoms with Gasteiger partial charge in [0.25, 0.3) is 0 Å². The smallest absolute Gasteiger partial charge is 0.437 e. The summed E-state index contributed by atoms with van der Waals surface area (Å²) in [6, 6.07) is 1.44. The van der Waals surface area contributed by atoms with Gasteiger partial charge in [0, 0.05) is 13.2 Å². The molecule has 0 aliphatic carbocycles. The first kappa shape index (κ1) is 22.1. The molecule has 10 heteroatoms. The molecule has 2 aromatic rings. The Labute approximate surface area is 168 Å². The first-order valence-electron chi connectivity index (χ1n) is 8.90. The number of hydrogen-bond acceptors (Lipinski definition) is 8. The van der Waals surface area contributed by atoms with Crippen molar-refractivity contribution in [2.75, 3.05) is 19.1 Å². The maximum Gasteiger partial charge on any atom is 0.437 e. The Morgan fingerprint density at radius 2 is 1.62 bits per heavy atom. The highest BCUT2D eigenvalue weighted by atomic mass is 16.6. The highest BCUT2D eigenvalue weighted by Crippen LogP contribution is 2.27. The van der Waals surface area contributed by atoms with Crippen molar-refractivity contribution in [1.82, 2.24) is 14.8 Å². The van der Waals surface area contributed by atoms with E-state index in [2.05, 4.69) is 10.1 Å². The second-order valence-electron chi connectivity index (χ2n) is 8.34. The first-order valence-corrected chi connectivity index (χ1v) is 8.90. The highest BCUT2D eigenvalue weighted by molar-refractivity contribution is 6.02. The number of methoxy groups -OCH3 is 1. The number of carbonyl (C=O) groups is 3. The second kappa shape index (κ2) is 7.69. The SMILES string of the molecule is COC(=O)c1cnc2c(c1)c(N(C)C(=O)OC(C)(C)C)nn2C(=O)OC(C)(C)C. The molecule has 0 saturated carbocycles. The predicted molar refractivity (Wildman–Crippen MR) is 105 cm³/mol. The van der Waals surface area contributed by atoms with E-state index < -0.39 is 29.4 Å². The van der Waals surface area contributed by atoms with E-state index in [1.54, 1.807) is 41.5 Å². The number of fused-ring (bicyclic) bond motifs is 1. The molecule has 158 valence electrons. The van der Waals surface area contributed by atoms with Crippen LogP contribution in [0.1, 0.15) is 51.9 Å². The van der Waals surface area contributed by atoms with Crippen molar-refractivity contribution in [1.29, 1.82) is 0 Å². The van der Waals surface area contributed by atoms with Crippen molar-refractivity contribution in [2.45, 2.75) is 52.7 Å². The lowest BCUT2D eigenvalue weighted by Gasteiger charge is -2.23. The topological polar surface area (TPSA) is 113 Å². The van der Waals surface area contributed by atoms with Crippen LogP contribution in [0.15, 0.2) is 12.3 Å². The third-order valence-electron chi connectivity index (χ3n) is 3.48. The first-order chi connectivity index (χ1) is 13.2. The molecule has 0 aliphatic heterocycles. The van der Waals surface area contributed by atoms with Gasteiger partial charge in [0.15, 0.2) is 11.5 Å². The fourth-order valence-electron chi connectivity index (χ4n) is 2.31. The zero-order chi connectivity index (χ0) is 22.1. The molecule has 0 radical (unpaired) electrons. The molecule has 2 heterocycles. The zero-order valence-electron chi connectivity index (χ0n) is 17.9. The average molecular weight is 406 g/mol. The largest absolute Gasteiger partial charge is 0.465 e. The molecule has 2 aromatic heterocycles. The molecule has 2 rings (SSSR count). The maximum absolute atomic E-state index is 12.6. The van der Waals surface area contributed by atoms with Gasteiger partial charge in [-0.3, -0.25) is 4.90 Å². The van der Waals surface area contributed by atoms with Crippen molar-refractivity contribution >= 4 is 35.0 Å². The number of aromatic nitrogens is 3. The van der Waals surface area contributed by atoms with Crippen molar-refractivity contribution < 1.29 is 28.6 Å². The minimum Gasteiger partial charge on any atom is -0.465 e. The van der Waals surface area contributed by atoms with E-state index in [1.807, 2.05) is 0 Å². The molecule has 0 N–H and O–H groups in total. The lowest BCUT2D eigenvalue weighted by molar-refractivity contribution is 0.0515. The predicted octanol–water partition coefficient (Wildman–Crippen LogP) is 3.37. The lowest BCUT2D eigenvalue weighted by Crippen LogP contribution is -2.34. The Hall–Kier alpha value is -3.17. The van der Waals surface area contributed by atoms with Crippen LogP contribution < -0.4 is 4.90 Å². The van der Waals surface area contributed by atoms with Crippen LogP contribution in [0.4, 0.5) is 15.4 Å². The van der Waals surface area contributed by atoms with Crippen molar-refractivity contribution in [3.8, 4) is 0 Å². The van der Waals surface area contributed by atoms with E-state index in [0.29, 0.717) is 0 Å². The normalized spacial score (nSPS) is 11.9. The molecule has 0 aromatic carbocycles. The van der Waals surface area contributed by atoms with Gasteiger partial charge in [-0.15, -0.1) is 9.78 Å². The molecule has 0 saturated heterocycles. The van der Waals surface area contributed by atoms with Gasteiger partial charge in [-0.25, -0.2) is 19.4 Å². The number of nitrogens with zero attached hydrogens (tertiary/aromatic N) is 4. The quantitative estimate of drug-likeness (QED) is 0.551. The zero-order valence-corrected chi connectivity index (χ0v) is 17.9. The number of ether oxygens (including phenoxy) is 3. The third kappa shape index (κ3) is 5.21. The van der Waals surface area contributed by atoms with Crippen LogP contribution in [0.3, 0.4) is 0 Å². The van der Waals surface area contributed by atoms with Gasteiger partial charge in [0.2, 0.25) is 0 Å². The Balaban J connectivity index is 2.61. The summed E-state index contributed by atoms with van der Waals surface area (Å²) in [5.41, 5.74) is -1.23. The van der Waals surface area contributed by atoms with Crippen molar-refractivity contribution in [3.63, 3.8) is 0 Å². The number of carbonyl (C=O) groups excluding carboxylic acids is 3. The van der Waals surface area contributed by atoms with Crippen molar-refractivity contribution in [3.05, 3.63) is 17.8 Å². The van der Waals surface area contributed by atoms with Crippen LogP contribution in [0.2, 0.25) is 0 Å². The lowest BCUT2D eigenvalue weighted by atomic mass is 10.2. The number of anilines is 1. The summed E-state index contributed by atoms with van der Waals surface area (Å²) in [6.07, 6.45) is -0.199. The average Bonchev–Trinajstić information content (AvgIpc) is 2.96. The number of amides is 1. The summed E-state index contributed by atoms with van der Waals surface area (Å²) in [7, 11) is 2.68. The molecular formula is C19H26N4O6. The van der Waals surface area contributed by atoms with E-state index >= 15 is 0 Å².